The lowest BCUT2D eigenvalue weighted by Crippen LogP contribution is -2.34. The highest BCUT2D eigenvalue weighted by Gasteiger charge is 2.32. The molecule has 1 atom stereocenters. The van der Waals surface area contributed by atoms with E-state index in [1.807, 2.05) is 37.3 Å². The number of urea groups is 1. The van der Waals surface area contributed by atoms with Crippen LogP contribution in [0.25, 0.3) is 0 Å². The van der Waals surface area contributed by atoms with Crippen LogP contribution in [0.4, 0.5) is 4.79 Å². The van der Waals surface area contributed by atoms with Crippen molar-refractivity contribution in [3.8, 4) is 0 Å². The molecule has 1 aliphatic heterocycles. The molecule has 0 saturated carbocycles. The molecular weight excluding hydrogens is 220 g/mol. The lowest BCUT2D eigenvalue weighted by molar-refractivity contribution is -0.174. The van der Waals surface area contributed by atoms with Gasteiger partial charge in [-0.1, -0.05) is 30.3 Å². The number of rotatable bonds is 4. The van der Waals surface area contributed by atoms with Crippen molar-refractivity contribution >= 4 is 11.9 Å². The fourth-order valence-electron chi connectivity index (χ4n) is 1.64. The van der Waals surface area contributed by atoms with Gasteiger partial charge >= 0.3 is 6.03 Å². The molecular formula is C12H13N2O3. The maximum absolute atomic E-state index is 11.3. The average Bonchev–Trinajstić information content (AvgIpc) is 2.62. The quantitative estimate of drug-likeness (QED) is 0.732. The zero-order chi connectivity index (χ0) is 12.3. The van der Waals surface area contributed by atoms with Gasteiger partial charge in [0.05, 0.1) is 6.10 Å². The number of nitrogens with zero attached hydrogens (tertiary/aromatic N) is 2. The Morgan fingerprint density at radius 3 is 2.65 bits per heavy atom. The van der Waals surface area contributed by atoms with Gasteiger partial charge in [-0.2, -0.15) is 0 Å². The third kappa shape index (κ3) is 2.82. The van der Waals surface area contributed by atoms with E-state index in [1.54, 1.807) is 0 Å². The number of hydrogen-bond donors (Lipinski definition) is 0. The number of hydrogen-bond acceptors (Lipinski definition) is 3. The third-order valence-corrected chi connectivity index (χ3v) is 2.40. The third-order valence-electron chi connectivity index (χ3n) is 2.40. The van der Waals surface area contributed by atoms with E-state index in [2.05, 4.69) is 5.32 Å². The maximum Gasteiger partial charge on any atom is 0.370 e. The summed E-state index contributed by atoms with van der Waals surface area (Å²) in [6.45, 7) is 1.70. The molecule has 1 aromatic carbocycles. The average molecular weight is 233 g/mol. The summed E-state index contributed by atoms with van der Waals surface area (Å²) in [5.74, 6) is -0.407. The minimum atomic E-state index is -0.616. The monoisotopic (exact) mass is 233 g/mol. The first-order chi connectivity index (χ1) is 8.16. The topological polar surface area (TPSA) is 60.7 Å². The lowest BCUT2D eigenvalue weighted by atomic mass is 10.1. The van der Waals surface area contributed by atoms with Crippen molar-refractivity contribution in [2.75, 3.05) is 6.54 Å². The van der Waals surface area contributed by atoms with Crippen molar-refractivity contribution in [2.45, 2.75) is 19.4 Å². The first-order valence-electron chi connectivity index (χ1n) is 5.42. The molecule has 1 aliphatic rings. The summed E-state index contributed by atoms with van der Waals surface area (Å²) < 4.78 is 0. The first-order valence-corrected chi connectivity index (χ1v) is 5.42. The molecule has 3 amide bonds. The highest BCUT2D eigenvalue weighted by Crippen LogP contribution is 2.10. The second-order valence-electron chi connectivity index (χ2n) is 3.89. The largest absolute Gasteiger partial charge is 0.370 e. The predicted octanol–water partition coefficient (Wildman–Crippen LogP) is 1.12. The SMILES string of the molecule is CC(Cc1ccccc1)ON1C(=O)C[N]C1=O. The van der Waals surface area contributed by atoms with E-state index in [9.17, 15) is 9.59 Å². The number of amides is 3. The van der Waals surface area contributed by atoms with Crippen LogP contribution in [0.1, 0.15) is 12.5 Å². The van der Waals surface area contributed by atoms with Gasteiger partial charge in [-0.3, -0.25) is 9.63 Å². The first kappa shape index (κ1) is 11.6. The van der Waals surface area contributed by atoms with Gasteiger partial charge in [0.2, 0.25) is 0 Å². The van der Waals surface area contributed by atoms with Crippen LogP contribution in [-0.4, -0.2) is 29.7 Å². The molecule has 0 aromatic heterocycles. The summed E-state index contributed by atoms with van der Waals surface area (Å²) in [4.78, 5) is 27.7. The molecule has 1 unspecified atom stereocenters. The maximum atomic E-state index is 11.3. The molecule has 5 nitrogen and oxygen atoms in total. The summed E-state index contributed by atoms with van der Waals surface area (Å²) in [6, 6.07) is 9.12. The molecule has 17 heavy (non-hydrogen) atoms. The molecule has 2 rings (SSSR count). The summed E-state index contributed by atoms with van der Waals surface area (Å²) >= 11 is 0. The molecule has 1 saturated heterocycles. The molecule has 1 fully saturated rings. The minimum absolute atomic E-state index is 0.114. The van der Waals surface area contributed by atoms with Crippen LogP contribution in [-0.2, 0) is 16.1 Å². The van der Waals surface area contributed by atoms with Gasteiger partial charge < -0.3 is 0 Å². The minimum Gasteiger partial charge on any atom is -0.270 e. The van der Waals surface area contributed by atoms with Crippen molar-refractivity contribution < 1.29 is 14.4 Å². The zero-order valence-electron chi connectivity index (χ0n) is 9.50. The van der Waals surface area contributed by atoms with Crippen molar-refractivity contribution in [1.29, 1.82) is 0 Å². The Morgan fingerprint density at radius 2 is 2.06 bits per heavy atom. The van der Waals surface area contributed by atoms with E-state index in [4.69, 9.17) is 4.84 Å². The number of imide groups is 1. The van der Waals surface area contributed by atoms with Crippen molar-refractivity contribution in [3.05, 3.63) is 35.9 Å². The smallest absolute Gasteiger partial charge is 0.270 e. The van der Waals surface area contributed by atoms with E-state index in [-0.39, 0.29) is 12.6 Å². The molecule has 0 spiro atoms. The van der Waals surface area contributed by atoms with Crippen LogP contribution >= 0.6 is 0 Å². The Bertz CT molecular complexity index is 403. The number of benzene rings is 1. The fraction of sp³-hybridized carbons (Fsp3) is 0.333. The Kier molecular flexibility index (Phi) is 3.39. The normalized spacial score (nSPS) is 17.1. The van der Waals surface area contributed by atoms with Crippen LogP contribution < -0.4 is 5.32 Å². The van der Waals surface area contributed by atoms with E-state index in [0.29, 0.717) is 6.42 Å². The van der Waals surface area contributed by atoms with Gasteiger partial charge in [0, 0.05) is 6.42 Å². The summed E-state index contributed by atoms with van der Waals surface area (Å²) in [6.07, 6.45) is 0.386. The molecule has 1 heterocycles. The number of carbonyl (C=O) groups is 2. The highest BCUT2D eigenvalue weighted by molar-refractivity contribution is 6.00. The van der Waals surface area contributed by atoms with Crippen molar-refractivity contribution in [3.63, 3.8) is 0 Å². The fourth-order valence-corrected chi connectivity index (χ4v) is 1.64. The van der Waals surface area contributed by atoms with Crippen LogP contribution in [0, 0.1) is 0 Å². The number of hydroxylamine groups is 2. The summed E-state index contributed by atoms with van der Waals surface area (Å²) in [5.41, 5.74) is 1.09. The van der Waals surface area contributed by atoms with E-state index in [1.165, 1.54) is 0 Å². The Labute approximate surface area is 99.3 Å². The van der Waals surface area contributed by atoms with Crippen molar-refractivity contribution in [1.82, 2.24) is 10.4 Å². The van der Waals surface area contributed by atoms with Gasteiger partial charge in [-0.05, 0) is 12.5 Å². The van der Waals surface area contributed by atoms with Gasteiger partial charge in [-0.25, -0.2) is 10.1 Å². The van der Waals surface area contributed by atoms with E-state index < -0.39 is 11.9 Å². The summed E-state index contributed by atoms with van der Waals surface area (Å²) in [7, 11) is 0. The van der Waals surface area contributed by atoms with Crippen LogP contribution in [0.15, 0.2) is 30.3 Å². The highest BCUT2D eigenvalue weighted by atomic mass is 16.7. The van der Waals surface area contributed by atoms with Crippen LogP contribution in [0.3, 0.4) is 0 Å². The zero-order valence-corrected chi connectivity index (χ0v) is 9.50. The van der Waals surface area contributed by atoms with Crippen LogP contribution in [0.2, 0.25) is 0 Å². The Hall–Kier alpha value is -1.88. The molecule has 5 heteroatoms. The van der Waals surface area contributed by atoms with E-state index >= 15 is 0 Å². The molecule has 1 radical (unpaired) electrons. The van der Waals surface area contributed by atoms with Gasteiger partial charge in [0.1, 0.15) is 6.54 Å². The van der Waals surface area contributed by atoms with Crippen molar-refractivity contribution in [2.24, 2.45) is 0 Å². The van der Waals surface area contributed by atoms with Gasteiger partial charge in [0.15, 0.2) is 0 Å². The molecule has 0 bridgehead atoms. The van der Waals surface area contributed by atoms with Gasteiger partial charge in [-0.15, -0.1) is 5.06 Å². The second-order valence-corrected chi connectivity index (χ2v) is 3.89. The molecule has 89 valence electrons. The van der Waals surface area contributed by atoms with Crippen LogP contribution in [0.5, 0.6) is 0 Å². The van der Waals surface area contributed by atoms with E-state index in [0.717, 1.165) is 10.6 Å². The predicted molar refractivity (Wildman–Crippen MR) is 59.9 cm³/mol. The van der Waals surface area contributed by atoms with Gasteiger partial charge in [0.25, 0.3) is 5.91 Å². The number of carbonyl (C=O) groups excluding carboxylic acids is 2. The Balaban J connectivity index is 1.91. The molecule has 0 N–H and O–H groups in total. The molecule has 0 aliphatic carbocycles. The lowest BCUT2D eigenvalue weighted by Gasteiger charge is -2.17. The molecule has 1 aromatic rings. The Morgan fingerprint density at radius 1 is 1.35 bits per heavy atom. The second kappa shape index (κ2) is 4.97. The standard InChI is InChI=1S/C12H13N2O3/c1-9(7-10-5-3-2-4-6-10)17-14-11(15)8-13-12(14)16/h2-6,9H,7-8H2,1H3. The summed E-state index contributed by atoms with van der Waals surface area (Å²) in [5, 5.41) is 4.21.